The lowest BCUT2D eigenvalue weighted by atomic mass is 10.1. The molecule has 1 amide bonds. The minimum absolute atomic E-state index is 0.315. The number of hydrogen-bond acceptors (Lipinski definition) is 5. The van der Waals surface area contributed by atoms with Gasteiger partial charge in [0.2, 0.25) is 0 Å². The van der Waals surface area contributed by atoms with Gasteiger partial charge in [0.15, 0.2) is 6.61 Å². The molecule has 0 radical (unpaired) electrons. The summed E-state index contributed by atoms with van der Waals surface area (Å²) in [5.74, 6) is -0.996. The van der Waals surface area contributed by atoms with Crippen LogP contribution in [0.1, 0.15) is 15.9 Å². The van der Waals surface area contributed by atoms with Crippen LogP contribution in [-0.4, -0.2) is 28.5 Å². The van der Waals surface area contributed by atoms with Crippen molar-refractivity contribution in [3.05, 3.63) is 95.1 Å². The fourth-order valence-corrected chi connectivity index (χ4v) is 3.18. The number of rotatable bonds is 6. The average Bonchev–Trinajstić information content (AvgIpc) is 2.82. The highest BCUT2D eigenvalue weighted by Crippen LogP contribution is 2.24. The minimum Gasteiger partial charge on any atom is -0.452 e. The van der Waals surface area contributed by atoms with Gasteiger partial charge < -0.3 is 10.1 Å². The van der Waals surface area contributed by atoms with Gasteiger partial charge in [0.1, 0.15) is 0 Å². The summed E-state index contributed by atoms with van der Waals surface area (Å²) in [6, 6.07) is 21.5. The number of fused-ring (bicyclic) bond motifs is 1. The molecule has 2 aromatic heterocycles. The predicted octanol–water partition coefficient (Wildman–Crippen LogP) is 4.42. The molecule has 0 saturated carbocycles. The van der Waals surface area contributed by atoms with Gasteiger partial charge in [-0.25, -0.2) is 9.78 Å². The van der Waals surface area contributed by atoms with Crippen molar-refractivity contribution in [2.24, 2.45) is 0 Å². The minimum atomic E-state index is -0.600. The standard InChI is InChI=1S/C24H18ClN3O3/c25-17-10-8-16(9-11-17)14-27-23(29)15-31-24(30)19-13-22(21-7-3-4-12-26-21)28-20-6-2-1-5-18(19)20/h1-13H,14-15H2,(H,27,29). The molecule has 6 nitrogen and oxygen atoms in total. The van der Waals surface area contributed by atoms with E-state index < -0.39 is 11.9 Å². The van der Waals surface area contributed by atoms with E-state index in [0.717, 1.165) is 5.56 Å². The highest BCUT2D eigenvalue weighted by Gasteiger charge is 2.17. The van der Waals surface area contributed by atoms with Crippen molar-refractivity contribution in [1.29, 1.82) is 0 Å². The van der Waals surface area contributed by atoms with Crippen LogP contribution in [0.2, 0.25) is 5.02 Å². The van der Waals surface area contributed by atoms with Crippen LogP contribution in [0, 0.1) is 0 Å². The van der Waals surface area contributed by atoms with E-state index in [2.05, 4.69) is 15.3 Å². The molecule has 0 fully saturated rings. The Labute approximate surface area is 183 Å². The van der Waals surface area contributed by atoms with E-state index in [9.17, 15) is 9.59 Å². The lowest BCUT2D eigenvalue weighted by molar-refractivity contribution is -0.124. The predicted molar refractivity (Wildman–Crippen MR) is 119 cm³/mol. The number of halogens is 1. The zero-order valence-corrected chi connectivity index (χ0v) is 17.2. The third kappa shape index (κ3) is 5.05. The Morgan fingerprint density at radius 1 is 0.935 bits per heavy atom. The van der Waals surface area contributed by atoms with Gasteiger partial charge in [0.05, 0.1) is 22.5 Å². The number of carbonyl (C=O) groups is 2. The Bertz CT molecular complexity index is 1230. The zero-order chi connectivity index (χ0) is 21.6. The molecule has 0 saturated heterocycles. The molecule has 0 aliphatic rings. The smallest absolute Gasteiger partial charge is 0.339 e. The number of carbonyl (C=O) groups excluding carboxylic acids is 2. The van der Waals surface area contributed by atoms with Crippen molar-refractivity contribution in [1.82, 2.24) is 15.3 Å². The molecule has 31 heavy (non-hydrogen) atoms. The summed E-state index contributed by atoms with van der Waals surface area (Å²) in [7, 11) is 0. The van der Waals surface area contributed by atoms with Crippen LogP contribution in [-0.2, 0) is 16.1 Å². The van der Waals surface area contributed by atoms with Crippen molar-refractivity contribution < 1.29 is 14.3 Å². The number of esters is 1. The lowest BCUT2D eigenvalue weighted by Crippen LogP contribution is -2.28. The molecule has 4 rings (SSSR count). The Hall–Kier alpha value is -3.77. The van der Waals surface area contributed by atoms with Gasteiger partial charge in [0, 0.05) is 23.2 Å². The van der Waals surface area contributed by atoms with Gasteiger partial charge in [-0.3, -0.25) is 9.78 Å². The quantitative estimate of drug-likeness (QED) is 0.457. The molecule has 0 spiro atoms. The summed E-state index contributed by atoms with van der Waals surface area (Å²) in [6.07, 6.45) is 1.66. The molecular weight excluding hydrogens is 414 g/mol. The van der Waals surface area contributed by atoms with E-state index in [1.807, 2.05) is 48.5 Å². The fraction of sp³-hybridized carbons (Fsp3) is 0.0833. The van der Waals surface area contributed by atoms with Crippen molar-refractivity contribution in [3.63, 3.8) is 0 Å². The molecule has 7 heteroatoms. The summed E-state index contributed by atoms with van der Waals surface area (Å²) < 4.78 is 5.28. The van der Waals surface area contributed by atoms with Crippen LogP contribution >= 0.6 is 11.6 Å². The fourth-order valence-electron chi connectivity index (χ4n) is 3.05. The van der Waals surface area contributed by atoms with Crippen LogP contribution in [0.4, 0.5) is 0 Å². The number of hydrogen-bond donors (Lipinski definition) is 1. The number of aromatic nitrogens is 2. The molecule has 0 bridgehead atoms. The summed E-state index contributed by atoms with van der Waals surface area (Å²) in [5.41, 5.74) is 3.06. The van der Waals surface area contributed by atoms with Crippen LogP contribution in [0.3, 0.4) is 0 Å². The van der Waals surface area contributed by atoms with Crippen molar-refractivity contribution in [2.45, 2.75) is 6.54 Å². The number of para-hydroxylation sites is 1. The third-order valence-electron chi connectivity index (χ3n) is 4.60. The second-order valence-corrected chi connectivity index (χ2v) is 7.20. The number of nitrogens with zero attached hydrogens (tertiary/aromatic N) is 2. The van der Waals surface area contributed by atoms with Gasteiger partial charge >= 0.3 is 5.97 Å². The largest absolute Gasteiger partial charge is 0.452 e. The van der Waals surface area contributed by atoms with Crippen LogP contribution in [0.25, 0.3) is 22.3 Å². The van der Waals surface area contributed by atoms with Crippen molar-refractivity contribution in [2.75, 3.05) is 6.61 Å². The maximum atomic E-state index is 12.8. The molecular formula is C24H18ClN3O3. The molecule has 1 N–H and O–H groups in total. The second-order valence-electron chi connectivity index (χ2n) is 6.77. The molecule has 2 aromatic carbocycles. The van der Waals surface area contributed by atoms with Gasteiger partial charge in [-0.1, -0.05) is 48.0 Å². The Morgan fingerprint density at radius 2 is 1.71 bits per heavy atom. The number of ether oxygens (including phenoxy) is 1. The summed E-state index contributed by atoms with van der Waals surface area (Å²) in [4.78, 5) is 33.8. The molecule has 0 unspecified atom stereocenters. The molecule has 0 atom stereocenters. The van der Waals surface area contributed by atoms with E-state index in [-0.39, 0.29) is 6.61 Å². The van der Waals surface area contributed by atoms with Crippen molar-refractivity contribution in [3.8, 4) is 11.4 Å². The monoisotopic (exact) mass is 431 g/mol. The average molecular weight is 432 g/mol. The maximum Gasteiger partial charge on any atom is 0.339 e. The first-order valence-electron chi connectivity index (χ1n) is 9.59. The van der Waals surface area contributed by atoms with E-state index in [0.29, 0.717) is 39.4 Å². The van der Waals surface area contributed by atoms with E-state index >= 15 is 0 Å². The first-order valence-corrected chi connectivity index (χ1v) is 9.97. The molecule has 0 aliphatic carbocycles. The van der Waals surface area contributed by atoms with Gasteiger partial charge in [-0.2, -0.15) is 0 Å². The number of amides is 1. The highest BCUT2D eigenvalue weighted by molar-refractivity contribution is 6.30. The second kappa shape index (κ2) is 9.36. The lowest BCUT2D eigenvalue weighted by Gasteiger charge is -2.10. The van der Waals surface area contributed by atoms with Crippen molar-refractivity contribution >= 4 is 34.4 Å². The first kappa shape index (κ1) is 20.5. The Kier molecular flexibility index (Phi) is 6.19. The normalized spacial score (nSPS) is 10.6. The van der Waals surface area contributed by atoms with Crippen LogP contribution < -0.4 is 5.32 Å². The number of pyridine rings is 2. The van der Waals surface area contributed by atoms with E-state index in [1.165, 1.54) is 0 Å². The molecule has 4 aromatic rings. The SMILES string of the molecule is O=C(COC(=O)c1cc(-c2ccccn2)nc2ccccc12)NCc1ccc(Cl)cc1. The topological polar surface area (TPSA) is 81.2 Å². The highest BCUT2D eigenvalue weighted by atomic mass is 35.5. The number of benzene rings is 2. The molecule has 154 valence electrons. The van der Waals surface area contributed by atoms with E-state index in [1.54, 1.807) is 30.5 Å². The number of nitrogens with one attached hydrogen (secondary N) is 1. The molecule has 0 aliphatic heterocycles. The third-order valence-corrected chi connectivity index (χ3v) is 4.85. The van der Waals surface area contributed by atoms with Gasteiger partial charge in [0.25, 0.3) is 5.91 Å². The van der Waals surface area contributed by atoms with Gasteiger partial charge in [-0.15, -0.1) is 0 Å². The summed E-state index contributed by atoms with van der Waals surface area (Å²) >= 11 is 5.86. The Morgan fingerprint density at radius 3 is 2.48 bits per heavy atom. The summed E-state index contributed by atoms with van der Waals surface area (Å²) in [6.45, 7) is -0.0719. The van der Waals surface area contributed by atoms with Crippen LogP contribution in [0.15, 0.2) is 79.0 Å². The van der Waals surface area contributed by atoms with Crippen LogP contribution in [0.5, 0.6) is 0 Å². The van der Waals surface area contributed by atoms with Gasteiger partial charge in [-0.05, 0) is 42.0 Å². The maximum absolute atomic E-state index is 12.8. The van der Waals surface area contributed by atoms with E-state index in [4.69, 9.17) is 16.3 Å². The molecule has 2 heterocycles. The Balaban J connectivity index is 1.48. The zero-order valence-electron chi connectivity index (χ0n) is 16.4. The summed E-state index contributed by atoms with van der Waals surface area (Å²) in [5, 5.41) is 3.99. The first-order chi connectivity index (χ1) is 15.1.